The lowest BCUT2D eigenvalue weighted by atomic mass is 10.2. The van der Waals surface area contributed by atoms with Crippen LogP contribution in [0.2, 0.25) is 0 Å². The van der Waals surface area contributed by atoms with E-state index in [0.29, 0.717) is 17.1 Å². The molecule has 0 saturated heterocycles. The lowest BCUT2D eigenvalue weighted by Crippen LogP contribution is -1.96. The summed E-state index contributed by atoms with van der Waals surface area (Å²) in [5.74, 6) is 3.32. The van der Waals surface area contributed by atoms with Crippen LogP contribution in [-0.4, -0.2) is 18.6 Å². The van der Waals surface area contributed by atoms with Gasteiger partial charge >= 0.3 is 0 Å². The lowest BCUT2D eigenvalue weighted by molar-refractivity contribution is -0.400. The predicted molar refractivity (Wildman–Crippen MR) is 63.4 cm³/mol. The zero-order chi connectivity index (χ0) is 12.7. The molecule has 0 heterocycles. The average Bonchev–Trinajstić information content (AvgIpc) is 2.34. The minimum Gasteiger partial charge on any atom is -0.493 e. The quantitative estimate of drug-likeness (QED) is 0.443. The van der Waals surface area contributed by atoms with Crippen LogP contribution in [0, 0.1) is 22.5 Å². The van der Waals surface area contributed by atoms with Crippen LogP contribution in [0.25, 0.3) is 6.08 Å². The van der Waals surface area contributed by atoms with Crippen molar-refractivity contribution in [1.82, 2.24) is 0 Å². The molecule has 0 radical (unpaired) electrons. The van der Waals surface area contributed by atoms with Crippen molar-refractivity contribution < 1.29 is 14.4 Å². The molecule has 0 spiro atoms. The monoisotopic (exact) mass is 233 g/mol. The topological polar surface area (TPSA) is 61.6 Å². The maximum atomic E-state index is 10.2. The van der Waals surface area contributed by atoms with Gasteiger partial charge < -0.3 is 9.47 Å². The first-order valence-corrected chi connectivity index (χ1v) is 4.73. The van der Waals surface area contributed by atoms with Gasteiger partial charge in [-0.3, -0.25) is 10.1 Å². The largest absolute Gasteiger partial charge is 0.493 e. The van der Waals surface area contributed by atoms with E-state index in [1.807, 2.05) is 0 Å². The fraction of sp³-hybridized carbons (Fsp3) is 0.167. The summed E-state index contributed by atoms with van der Waals surface area (Å²) in [7, 11) is 1.49. The van der Waals surface area contributed by atoms with E-state index in [0.717, 1.165) is 6.20 Å². The number of hydrogen-bond donors (Lipinski definition) is 0. The van der Waals surface area contributed by atoms with Crippen molar-refractivity contribution in [3.05, 3.63) is 40.1 Å². The van der Waals surface area contributed by atoms with Crippen LogP contribution in [0.15, 0.2) is 24.4 Å². The van der Waals surface area contributed by atoms with Crippen molar-refractivity contribution in [3.8, 4) is 23.8 Å². The van der Waals surface area contributed by atoms with E-state index < -0.39 is 4.92 Å². The number of ether oxygens (including phenoxy) is 2. The van der Waals surface area contributed by atoms with E-state index in [-0.39, 0.29) is 6.61 Å². The van der Waals surface area contributed by atoms with Crippen molar-refractivity contribution in [2.45, 2.75) is 0 Å². The molecule has 0 aliphatic heterocycles. The smallest absolute Gasteiger partial charge is 0.235 e. The van der Waals surface area contributed by atoms with Crippen LogP contribution in [0.4, 0.5) is 0 Å². The highest BCUT2D eigenvalue weighted by Crippen LogP contribution is 2.28. The van der Waals surface area contributed by atoms with Crippen molar-refractivity contribution >= 4 is 6.08 Å². The van der Waals surface area contributed by atoms with Gasteiger partial charge in [-0.25, -0.2) is 0 Å². The SMILES string of the molecule is C#CCOc1ccc(C=C[N+](=O)[O-])cc1OC. The second-order valence-electron chi connectivity index (χ2n) is 3.00. The first-order valence-electron chi connectivity index (χ1n) is 4.73. The summed E-state index contributed by atoms with van der Waals surface area (Å²) < 4.78 is 10.3. The highest BCUT2D eigenvalue weighted by molar-refractivity contribution is 5.55. The van der Waals surface area contributed by atoms with Crippen molar-refractivity contribution in [3.63, 3.8) is 0 Å². The van der Waals surface area contributed by atoms with Gasteiger partial charge in [-0.15, -0.1) is 6.42 Å². The minimum atomic E-state index is -0.533. The predicted octanol–water partition coefficient (Wildman–Crippen LogP) is 1.95. The molecule has 0 fully saturated rings. The van der Waals surface area contributed by atoms with Crippen LogP contribution < -0.4 is 9.47 Å². The molecule has 0 amide bonds. The Hall–Kier alpha value is -2.48. The zero-order valence-electron chi connectivity index (χ0n) is 9.25. The Morgan fingerprint density at radius 3 is 2.88 bits per heavy atom. The third-order valence-corrected chi connectivity index (χ3v) is 1.89. The summed E-state index contributed by atoms with van der Waals surface area (Å²) in [6, 6.07) is 4.95. The Morgan fingerprint density at radius 2 is 2.29 bits per heavy atom. The molecule has 0 unspecified atom stereocenters. The number of rotatable bonds is 5. The minimum absolute atomic E-state index is 0.139. The molecule has 1 aromatic rings. The molecule has 1 rings (SSSR count). The molecular formula is C12H11NO4. The molecular weight excluding hydrogens is 222 g/mol. The van der Waals surface area contributed by atoms with Crippen LogP contribution >= 0.6 is 0 Å². The molecule has 1 aromatic carbocycles. The molecule has 0 bridgehead atoms. The summed E-state index contributed by atoms with van der Waals surface area (Å²) >= 11 is 0. The maximum Gasteiger partial charge on any atom is 0.235 e. The van der Waals surface area contributed by atoms with Gasteiger partial charge in [-0.1, -0.05) is 12.0 Å². The zero-order valence-corrected chi connectivity index (χ0v) is 9.25. The highest BCUT2D eigenvalue weighted by Gasteiger charge is 2.04. The van der Waals surface area contributed by atoms with Gasteiger partial charge in [0.1, 0.15) is 6.61 Å². The molecule has 0 atom stereocenters. The second kappa shape index (κ2) is 6.18. The van der Waals surface area contributed by atoms with Gasteiger partial charge in [-0.2, -0.15) is 0 Å². The van der Waals surface area contributed by atoms with Gasteiger partial charge in [0.15, 0.2) is 11.5 Å². The standard InChI is InChI=1S/C12H11NO4/c1-3-8-17-11-5-4-10(6-7-13(14)15)9-12(11)16-2/h1,4-7,9H,8H2,2H3. The van der Waals surface area contributed by atoms with Crippen LogP contribution in [0.5, 0.6) is 11.5 Å². The Morgan fingerprint density at radius 1 is 1.53 bits per heavy atom. The summed E-state index contributed by atoms with van der Waals surface area (Å²) in [6.45, 7) is 0.139. The summed E-state index contributed by atoms with van der Waals surface area (Å²) in [4.78, 5) is 9.64. The first-order chi connectivity index (χ1) is 8.17. The first kappa shape index (κ1) is 12.6. The van der Waals surface area contributed by atoms with Crippen molar-refractivity contribution in [2.75, 3.05) is 13.7 Å². The van der Waals surface area contributed by atoms with Gasteiger partial charge in [0.25, 0.3) is 0 Å². The number of terminal acetylenes is 1. The Bertz CT molecular complexity index is 474. The Balaban J connectivity index is 2.92. The van der Waals surface area contributed by atoms with E-state index in [9.17, 15) is 10.1 Å². The van der Waals surface area contributed by atoms with E-state index in [4.69, 9.17) is 15.9 Å². The van der Waals surface area contributed by atoms with E-state index in [1.54, 1.807) is 18.2 Å². The van der Waals surface area contributed by atoms with Crippen LogP contribution in [0.1, 0.15) is 5.56 Å². The summed E-state index contributed by atoms with van der Waals surface area (Å²) in [5.41, 5.74) is 0.645. The normalized spacial score (nSPS) is 9.88. The van der Waals surface area contributed by atoms with E-state index in [1.165, 1.54) is 13.2 Å². The maximum absolute atomic E-state index is 10.2. The lowest BCUT2D eigenvalue weighted by Gasteiger charge is -2.08. The number of hydrogen-bond acceptors (Lipinski definition) is 4. The fourth-order valence-corrected chi connectivity index (χ4v) is 1.17. The summed E-state index contributed by atoms with van der Waals surface area (Å²) in [6.07, 6.45) is 7.30. The van der Waals surface area contributed by atoms with Crippen LogP contribution in [-0.2, 0) is 0 Å². The molecule has 5 nitrogen and oxygen atoms in total. The molecule has 88 valence electrons. The fourth-order valence-electron chi connectivity index (χ4n) is 1.17. The van der Waals surface area contributed by atoms with Crippen molar-refractivity contribution in [1.29, 1.82) is 0 Å². The molecule has 0 aromatic heterocycles. The van der Waals surface area contributed by atoms with Crippen molar-refractivity contribution in [2.24, 2.45) is 0 Å². The molecule has 0 saturated carbocycles. The van der Waals surface area contributed by atoms with Gasteiger partial charge in [-0.05, 0) is 17.7 Å². The van der Waals surface area contributed by atoms with Crippen LogP contribution in [0.3, 0.4) is 0 Å². The third kappa shape index (κ3) is 3.87. The number of nitrogens with zero attached hydrogens (tertiary/aromatic N) is 1. The molecule has 5 heteroatoms. The second-order valence-corrected chi connectivity index (χ2v) is 3.00. The van der Waals surface area contributed by atoms with Gasteiger partial charge in [0, 0.05) is 6.08 Å². The number of methoxy groups -OCH3 is 1. The summed E-state index contributed by atoms with van der Waals surface area (Å²) in [5, 5.41) is 10.2. The van der Waals surface area contributed by atoms with E-state index >= 15 is 0 Å². The number of nitro groups is 1. The Kier molecular flexibility index (Phi) is 4.58. The third-order valence-electron chi connectivity index (χ3n) is 1.89. The van der Waals surface area contributed by atoms with Gasteiger partial charge in [0.05, 0.1) is 12.0 Å². The van der Waals surface area contributed by atoms with E-state index in [2.05, 4.69) is 5.92 Å². The number of benzene rings is 1. The Labute approximate surface area is 98.8 Å². The molecule has 0 N–H and O–H groups in total. The highest BCUT2D eigenvalue weighted by atomic mass is 16.6. The molecule has 17 heavy (non-hydrogen) atoms. The molecule has 0 aliphatic rings. The molecule has 0 aliphatic carbocycles. The average molecular weight is 233 g/mol. The van der Waals surface area contributed by atoms with Gasteiger partial charge in [0.2, 0.25) is 6.20 Å².